The van der Waals surface area contributed by atoms with Crippen LogP contribution in [0.15, 0.2) is 60.5 Å². The zero-order chi connectivity index (χ0) is 26.6. The number of esters is 1. The summed E-state index contributed by atoms with van der Waals surface area (Å²) in [6.45, 7) is 0. The smallest absolute Gasteiger partial charge is 0.312 e. The minimum atomic E-state index is -0.499. The lowest BCUT2D eigenvalue weighted by Crippen LogP contribution is -2.22. The van der Waals surface area contributed by atoms with Gasteiger partial charge in [0, 0.05) is 46.8 Å². The molecular formula is C30H25NO7. The van der Waals surface area contributed by atoms with Crippen molar-refractivity contribution in [1.29, 1.82) is 0 Å². The van der Waals surface area contributed by atoms with Gasteiger partial charge in [-0.1, -0.05) is 24.3 Å². The van der Waals surface area contributed by atoms with Crippen molar-refractivity contribution in [2.75, 3.05) is 21.3 Å². The number of ketones is 1. The molecule has 0 saturated heterocycles. The average Bonchev–Trinajstić information content (AvgIpc) is 3.42. The van der Waals surface area contributed by atoms with E-state index in [1.165, 1.54) is 14.2 Å². The molecular weight excluding hydrogens is 486 g/mol. The van der Waals surface area contributed by atoms with Crippen molar-refractivity contribution in [3.05, 3.63) is 82.7 Å². The van der Waals surface area contributed by atoms with E-state index in [-0.39, 0.29) is 18.0 Å². The number of methoxy groups -OCH3 is 3. The van der Waals surface area contributed by atoms with Gasteiger partial charge in [-0.2, -0.15) is 0 Å². The van der Waals surface area contributed by atoms with Gasteiger partial charge in [-0.15, -0.1) is 0 Å². The lowest BCUT2D eigenvalue weighted by atomic mass is 9.84. The van der Waals surface area contributed by atoms with Crippen molar-refractivity contribution < 1.29 is 33.3 Å². The molecule has 0 radical (unpaired) electrons. The standard InChI is InChI=1S/C30H25NO7/c1-31-15-16(17-7-5-6-8-21(17)31)13-24-27(33)19-10-11-22-26(28(19)38-24)20(14-25(32)37-22)18-9-12-23(34-2)30(36-4)29(18)35-3/h5-13,15,20H,14H2,1-4H3/b24-13-. The van der Waals surface area contributed by atoms with E-state index in [0.29, 0.717) is 45.4 Å². The van der Waals surface area contributed by atoms with Gasteiger partial charge in [-0.3, -0.25) is 9.59 Å². The number of ether oxygens (including phenoxy) is 5. The number of aromatic nitrogens is 1. The van der Waals surface area contributed by atoms with Crippen molar-refractivity contribution in [2.24, 2.45) is 7.05 Å². The summed E-state index contributed by atoms with van der Waals surface area (Å²) >= 11 is 0. The Morgan fingerprint density at radius 3 is 2.47 bits per heavy atom. The highest BCUT2D eigenvalue weighted by Gasteiger charge is 2.40. The zero-order valence-electron chi connectivity index (χ0n) is 21.4. The third-order valence-corrected chi connectivity index (χ3v) is 7.10. The number of carbonyl (C=O) groups excluding carboxylic acids is 2. The molecule has 0 spiro atoms. The van der Waals surface area contributed by atoms with Crippen LogP contribution in [0.4, 0.5) is 0 Å². The van der Waals surface area contributed by atoms with Crippen LogP contribution in [0.3, 0.4) is 0 Å². The molecule has 0 N–H and O–H groups in total. The first-order valence-corrected chi connectivity index (χ1v) is 12.1. The van der Waals surface area contributed by atoms with Crippen molar-refractivity contribution in [2.45, 2.75) is 12.3 Å². The molecule has 0 amide bonds. The van der Waals surface area contributed by atoms with Crippen LogP contribution in [-0.4, -0.2) is 37.6 Å². The van der Waals surface area contributed by atoms with E-state index >= 15 is 0 Å². The number of hydrogen-bond acceptors (Lipinski definition) is 7. The quantitative estimate of drug-likeness (QED) is 0.205. The highest BCUT2D eigenvalue weighted by molar-refractivity contribution is 6.15. The van der Waals surface area contributed by atoms with Crippen LogP contribution >= 0.6 is 0 Å². The molecule has 1 unspecified atom stereocenters. The molecule has 2 aliphatic rings. The van der Waals surface area contributed by atoms with Gasteiger partial charge in [0.05, 0.1) is 33.3 Å². The minimum absolute atomic E-state index is 0.0369. The van der Waals surface area contributed by atoms with Crippen molar-refractivity contribution >= 4 is 28.7 Å². The Hall–Kier alpha value is -4.72. The molecule has 0 bridgehead atoms. The number of rotatable bonds is 5. The lowest BCUT2D eigenvalue weighted by molar-refractivity contribution is -0.135. The Labute approximate surface area is 218 Å². The molecule has 0 aliphatic carbocycles. The molecule has 3 aromatic carbocycles. The predicted octanol–water partition coefficient (Wildman–Crippen LogP) is 5.26. The number of hydrogen-bond donors (Lipinski definition) is 0. The zero-order valence-corrected chi connectivity index (χ0v) is 21.4. The van der Waals surface area contributed by atoms with Gasteiger partial charge in [-0.25, -0.2) is 0 Å². The maximum atomic E-state index is 13.5. The Morgan fingerprint density at radius 1 is 0.921 bits per heavy atom. The number of Topliss-reactive ketones (excluding diaryl/α,β-unsaturated/α-hetero) is 1. The van der Waals surface area contributed by atoms with Crippen LogP contribution in [0.2, 0.25) is 0 Å². The van der Waals surface area contributed by atoms with Crippen LogP contribution < -0.4 is 23.7 Å². The summed E-state index contributed by atoms with van der Waals surface area (Å²) in [5.41, 5.74) is 3.64. The molecule has 8 nitrogen and oxygen atoms in total. The van der Waals surface area contributed by atoms with Gasteiger partial charge < -0.3 is 28.3 Å². The van der Waals surface area contributed by atoms with Gasteiger partial charge in [0.15, 0.2) is 17.3 Å². The minimum Gasteiger partial charge on any atom is -0.493 e. The molecule has 1 aromatic heterocycles. The second kappa shape index (κ2) is 8.99. The van der Waals surface area contributed by atoms with Gasteiger partial charge >= 0.3 is 5.97 Å². The van der Waals surface area contributed by atoms with E-state index < -0.39 is 11.9 Å². The molecule has 0 fully saturated rings. The van der Waals surface area contributed by atoms with Crippen LogP contribution in [0, 0.1) is 0 Å². The van der Waals surface area contributed by atoms with Crippen LogP contribution in [0.5, 0.6) is 28.7 Å². The molecule has 8 heteroatoms. The topological polar surface area (TPSA) is 85.2 Å². The third-order valence-electron chi connectivity index (χ3n) is 7.10. The molecule has 0 saturated carbocycles. The summed E-state index contributed by atoms with van der Waals surface area (Å²) < 4.78 is 30.6. The summed E-state index contributed by atoms with van der Waals surface area (Å²) in [7, 11) is 6.56. The highest BCUT2D eigenvalue weighted by Crippen LogP contribution is 2.53. The van der Waals surface area contributed by atoms with E-state index in [1.807, 2.05) is 48.1 Å². The molecule has 2 aliphatic heterocycles. The SMILES string of the molecule is COc1ccc(C2CC(=O)Oc3ccc4c(c32)O/C(=C\c2cn(C)c3ccccc23)C4=O)c(OC)c1OC. The van der Waals surface area contributed by atoms with Gasteiger partial charge in [0.2, 0.25) is 11.5 Å². The van der Waals surface area contributed by atoms with Crippen molar-refractivity contribution in [1.82, 2.24) is 4.57 Å². The Bertz CT molecular complexity index is 1660. The number of fused-ring (bicyclic) bond motifs is 4. The summed E-state index contributed by atoms with van der Waals surface area (Å²) in [5.74, 6) is 1.16. The molecule has 192 valence electrons. The van der Waals surface area contributed by atoms with E-state index in [1.54, 1.807) is 31.4 Å². The molecule has 3 heterocycles. The first-order valence-electron chi connectivity index (χ1n) is 12.1. The fourth-order valence-electron chi connectivity index (χ4n) is 5.40. The normalized spacial score (nSPS) is 17.2. The third kappa shape index (κ3) is 3.52. The Morgan fingerprint density at radius 2 is 1.71 bits per heavy atom. The number of benzene rings is 3. The van der Waals surface area contributed by atoms with Gasteiger partial charge in [0.1, 0.15) is 11.5 Å². The summed E-state index contributed by atoms with van der Waals surface area (Å²) in [4.78, 5) is 26.1. The number of carbonyl (C=O) groups is 2. The monoisotopic (exact) mass is 511 g/mol. The average molecular weight is 512 g/mol. The largest absolute Gasteiger partial charge is 0.493 e. The maximum Gasteiger partial charge on any atom is 0.312 e. The Balaban J connectivity index is 1.49. The Kier molecular flexibility index (Phi) is 5.60. The summed E-state index contributed by atoms with van der Waals surface area (Å²) in [6, 6.07) is 14.8. The number of nitrogens with zero attached hydrogens (tertiary/aromatic N) is 1. The maximum absolute atomic E-state index is 13.5. The van der Waals surface area contributed by atoms with Crippen molar-refractivity contribution in [3.8, 4) is 28.7 Å². The van der Waals surface area contributed by atoms with Crippen molar-refractivity contribution in [3.63, 3.8) is 0 Å². The van der Waals surface area contributed by atoms with E-state index in [4.69, 9.17) is 23.7 Å². The van der Waals surface area contributed by atoms with Crippen LogP contribution in [0.1, 0.15) is 39.4 Å². The second-order valence-electron chi connectivity index (χ2n) is 9.16. The number of para-hydroxylation sites is 1. The second-order valence-corrected chi connectivity index (χ2v) is 9.16. The van der Waals surface area contributed by atoms with Gasteiger partial charge in [-0.05, 0) is 30.3 Å². The van der Waals surface area contributed by atoms with E-state index in [0.717, 1.165) is 16.5 Å². The predicted molar refractivity (Wildman–Crippen MR) is 140 cm³/mol. The fourth-order valence-corrected chi connectivity index (χ4v) is 5.40. The summed E-state index contributed by atoms with van der Waals surface area (Å²) in [6.07, 6.45) is 3.76. The number of aryl methyl sites for hydroxylation is 1. The lowest BCUT2D eigenvalue weighted by Gasteiger charge is -2.28. The van der Waals surface area contributed by atoms with E-state index in [2.05, 4.69) is 0 Å². The van der Waals surface area contributed by atoms with E-state index in [9.17, 15) is 9.59 Å². The first-order chi connectivity index (χ1) is 18.4. The molecule has 6 rings (SSSR count). The highest BCUT2D eigenvalue weighted by atomic mass is 16.5. The molecule has 1 atom stereocenters. The number of allylic oxidation sites excluding steroid dienone is 1. The van der Waals surface area contributed by atoms with Gasteiger partial charge in [0.25, 0.3) is 0 Å². The summed E-state index contributed by atoms with van der Waals surface area (Å²) in [5, 5.41) is 1.01. The fraction of sp³-hybridized carbons (Fsp3) is 0.200. The van der Waals surface area contributed by atoms with Crippen LogP contribution in [0.25, 0.3) is 17.0 Å². The molecule has 38 heavy (non-hydrogen) atoms. The first kappa shape index (κ1) is 23.7. The molecule has 4 aromatic rings. The van der Waals surface area contributed by atoms with Crippen LogP contribution in [-0.2, 0) is 11.8 Å².